The van der Waals surface area contributed by atoms with Gasteiger partial charge in [0.25, 0.3) is 5.91 Å². The molecule has 0 unspecified atom stereocenters. The van der Waals surface area contributed by atoms with E-state index < -0.39 is 18.1 Å². The molecule has 0 saturated carbocycles. The number of alkyl halides is 3. The zero-order valence-corrected chi connectivity index (χ0v) is 13.6. The van der Waals surface area contributed by atoms with E-state index in [0.29, 0.717) is 10.6 Å². The number of rotatable bonds is 3. The third kappa shape index (κ3) is 6.20. The Kier molecular flexibility index (Phi) is 6.90. The lowest BCUT2D eigenvalue weighted by Gasteiger charge is -2.10. The molecule has 2 rings (SSSR count). The fourth-order valence-corrected chi connectivity index (χ4v) is 1.98. The van der Waals surface area contributed by atoms with Crippen molar-refractivity contribution in [3.63, 3.8) is 0 Å². The first kappa shape index (κ1) is 21.2. The molecular weight excluding hydrogens is 382 g/mol. The molecule has 6 nitrogen and oxygen atoms in total. The van der Waals surface area contributed by atoms with E-state index in [9.17, 15) is 22.4 Å². The van der Waals surface area contributed by atoms with Crippen LogP contribution in [0.5, 0.6) is 0 Å². The van der Waals surface area contributed by atoms with E-state index >= 15 is 0 Å². The number of aliphatic carboxylic acids is 1. The lowest BCUT2D eigenvalue weighted by molar-refractivity contribution is -0.192. The molecule has 4 N–H and O–H groups in total. The molecule has 0 fully saturated rings. The number of carboxylic acid groups (broad SMARTS) is 1. The molecule has 1 aromatic carbocycles. The van der Waals surface area contributed by atoms with Crippen LogP contribution in [0.2, 0.25) is 5.02 Å². The normalized spacial score (nSPS) is 10.7. The summed E-state index contributed by atoms with van der Waals surface area (Å²) in [5.41, 5.74) is 5.82. The number of hydrogen-bond donors (Lipinski definition) is 3. The van der Waals surface area contributed by atoms with E-state index in [4.69, 9.17) is 32.6 Å². The highest BCUT2D eigenvalue weighted by Gasteiger charge is 2.38. The van der Waals surface area contributed by atoms with Gasteiger partial charge in [-0.15, -0.1) is 0 Å². The molecule has 0 bridgehead atoms. The highest BCUT2D eigenvalue weighted by Crippen LogP contribution is 2.13. The van der Waals surface area contributed by atoms with Gasteiger partial charge in [-0.3, -0.25) is 10.2 Å². The van der Waals surface area contributed by atoms with Crippen molar-refractivity contribution in [2.75, 3.05) is 0 Å². The molecule has 0 saturated heterocycles. The van der Waals surface area contributed by atoms with E-state index in [1.807, 2.05) is 0 Å². The maximum Gasteiger partial charge on any atom is 0.490 e. The fourth-order valence-electron chi connectivity index (χ4n) is 1.76. The van der Waals surface area contributed by atoms with Gasteiger partial charge in [0.15, 0.2) is 0 Å². The molecule has 0 aliphatic rings. The van der Waals surface area contributed by atoms with Gasteiger partial charge in [-0.05, 0) is 23.8 Å². The van der Waals surface area contributed by atoms with Gasteiger partial charge in [-0.1, -0.05) is 23.7 Å². The van der Waals surface area contributed by atoms with Gasteiger partial charge >= 0.3 is 12.1 Å². The topological polar surface area (TPSA) is 109 Å². The van der Waals surface area contributed by atoms with Crippen molar-refractivity contribution in [3.8, 4) is 0 Å². The lowest BCUT2D eigenvalue weighted by Crippen LogP contribution is -2.29. The number of hydrogen-bond acceptors (Lipinski definition) is 3. The standard InChI is InChI=1S/C13H11ClFN3O.C2HF3O2/c14-9-5-11(13(17)19)12(16)18(7-9)6-8-2-1-3-10(15)4-8;3-2(4,5)1(6)7/h1-5,7,16H,6H2,(H2,17,19);(H,6,7). The van der Waals surface area contributed by atoms with Gasteiger partial charge in [0, 0.05) is 12.7 Å². The number of aromatic nitrogens is 1. The largest absolute Gasteiger partial charge is 0.490 e. The highest BCUT2D eigenvalue weighted by molar-refractivity contribution is 6.30. The summed E-state index contributed by atoms with van der Waals surface area (Å²) in [5, 5.41) is 15.3. The fraction of sp³-hybridized carbons (Fsp3) is 0.133. The van der Waals surface area contributed by atoms with Crippen LogP contribution >= 0.6 is 11.6 Å². The van der Waals surface area contributed by atoms with Crippen LogP contribution in [0.4, 0.5) is 17.6 Å². The summed E-state index contributed by atoms with van der Waals surface area (Å²) in [4.78, 5) is 20.1. The maximum atomic E-state index is 13.1. The first-order valence-corrected chi connectivity index (χ1v) is 7.08. The predicted molar refractivity (Wildman–Crippen MR) is 83.0 cm³/mol. The Morgan fingerprint density at radius 3 is 2.31 bits per heavy atom. The number of nitrogens with two attached hydrogens (primary N) is 1. The van der Waals surface area contributed by atoms with E-state index in [2.05, 4.69) is 0 Å². The van der Waals surface area contributed by atoms with Crippen LogP contribution in [0, 0.1) is 11.2 Å². The number of benzene rings is 1. The van der Waals surface area contributed by atoms with E-state index in [0.717, 1.165) is 0 Å². The molecule has 2 aromatic rings. The van der Waals surface area contributed by atoms with Crippen molar-refractivity contribution in [3.05, 3.63) is 64.0 Å². The van der Waals surface area contributed by atoms with Gasteiger partial charge in [0.2, 0.25) is 0 Å². The number of nitrogens with one attached hydrogen (secondary N) is 1. The van der Waals surface area contributed by atoms with Gasteiger partial charge in [0.1, 0.15) is 11.3 Å². The third-order valence-electron chi connectivity index (χ3n) is 2.85. The van der Waals surface area contributed by atoms with E-state index in [1.54, 1.807) is 12.1 Å². The second kappa shape index (κ2) is 8.48. The second-order valence-electron chi connectivity index (χ2n) is 4.85. The van der Waals surface area contributed by atoms with Crippen molar-refractivity contribution in [1.29, 1.82) is 5.41 Å². The maximum absolute atomic E-state index is 13.1. The first-order valence-electron chi connectivity index (χ1n) is 6.70. The van der Waals surface area contributed by atoms with Crippen LogP contribution in [-0.4, -0.2) is 27.7 Å². The highest BCUT2D eigenvalue weighted by atomic mass is 35.5. The van der Waals surface area contributed by atoms with Crippen molar-refractivity contribution < 1.29 is 32.3 Å². The quantitative estimate of drug-likeness (QED) is 0.697. The van der Waals surface area contributed by atoms with Crippen LogP contribution in [0.15, 0.2) is 36.5 Å². The van der Waals surface area contributed by atoms with Gasteiger partial charge in [-0.2, -0.15) is 13.2 Å². The molecule has 0 radical (unpaired) electrons. The van der Waals surface area contributed by atoms with Gasteiger partial charge < -0.3 is 15.4 Å². The number of carboxylic acids is 1. The minimum Gasteiger partial charge on any atom is -0.475 e. The number of carbonyl (C=O) groups is 2. The number of primary amides is 1. The summed E-state index contributed by atoms with van der Waals surface area (Å²) in [6.45, 7) is 0.234. The Bertz CT molecular complexity index is 881. The summed E-state index contributed by atoms with van der Waals surface area (Å²) >= 11 is 5.88. The van der Waals surface area contributed by atoms with Crippen LogP contribution in [0.25, 0.3) is 0 Å². The van der Waals surface area contributed by atoms with Crippen molar-refractivity contribution in [2.24, 2.45) is 5.73 Å². The third-order valence-corrected chi connectivity index (χ3v) is 3.06. The van der Waals surface area contributed by atoms with E-state index in [-0.39, 0.29) is 23.4 Å². The summed E-state index contributed by atoms with van der Waals surface area (Å²) < 4.78 is 46.3. The zero-order chi connectivity index (χ0) is 20.1. The van der Waals surface area contributed by atoms with Crippen LogP contribution in [-0.2, 0) is 11.3 Å². The SMILES string of the molecule is N=c1c(C(N)=O)cc(Cl)cn1Cc1cccc(F)c1.O=C(O)C(F)(F)F. The van der Waals surface area contributed by atoms with Crippen LogP contribution < -0.4 is 11.2 Å². The molecule has 0 aliphatic heterocycles. The van der Waals surface area contributed by atoms with E-state index in [1.165, 1.54) is 29.0 Å². The first-order chi connectivity index (χ1) is 11.9. The lowest BCUT2D eigenvalue weighted by atomic mass is 10.2. The average molecular weight is 394 g/mol. The minimum atomic E-state index is -5.08. The Labute approximate surface area is 148 Å². The van der Waals surface area contributed by atoms with Crippen LogP contribution in [0.1, 0.15) is 15.9 Å². The minimum absolute atomic E-state index is 0.0314. The molecule has 11 heteroatoms. The zero-order valence-electron chi connectivity index (χ0n) is 12.8. The molecule has 0 spiro atoms. The Morgan fingerprint density at radius 2 is 1.85 bits per heavy atom. The molecule has 0 aliphatic carbocycles. The molecular formula is C15H12ClF4N3O3. The molecule has 1 amide bonds. The summed E-state index contributed by atoms with van der Waals surface area (Å²) in [6.07, 6.45) is -3.58. The van der Waals surface area contributed by atoms with Crippen molar-refractivity contribution >= 4 is 23.5 Å². The van der Waals surface area contributed by atoms with Crippen molar-refractivity contribution in [1.82, 2.24) is 4.57 Å². The number of amides is 1. The molecule has 1 heterocycles. The Balaban J connectivity index is 0.000000412. The number of pyridine rings is 1. The Hall–Kier alpha value is -2.88. The summed E-state index contributed by atoms with van der Waals surface area (Å²) in [6, 6.07) is 7.34. The molecule has 140 valence electrons. The van der Waals surface area contributed by atoms with Crippen LogP contribution in [0.3, 0.4) is 0 Å². The number of halogens is 5. The predicted octanol–water partition coefficient (Wildman–Crippen LogP) is 2.54. The monoisotopic (exact) mass is 393 g/mol. The number of nitrogens with zero attached hydrogens (tertiary/aromatic N) is 1. The van der Waals surface area contributed by atoms with Crippen molar-refractivity contribution in [2.45, 2.75) is 12.7 Å². The molecule has 26 heavy (non-hydrogen) atoms. The average Bonchev–Trinajstić information content (AvgIpc) is 2.50. The summed E-state index contributed by atoms with van der Waals surface area (Å²) in [5.74, 6) is -3.84. The molecule has 0 atom stereocenters. The number of carbonyl (C=O) groups excluding carboxylic acids is 1. The Morgan fingerprint density at radius 1 is 1.27 bits per heavy atom. The molecule has 1 aromatic heterocycles. The smallest absolute Gasteiger partial charge is 0.475 e. The second-order valence-corrected chi connectivity index (χ2v) is 5.28. The van der Waals surface area contributed by atoms with Gasteiger partial charge in [-0.25, -0.2) is 9.18 Å². The summed E-state index contributed by atoms with van der Waals surface area (Å²) in [7, 11) is 0. The van der Waals surface area contributed by atoms with Gasteiger partial charge in [0.05, 0.1) is 10.6 Å².